The standard InChI is InChI=1S/C35H41F2N5O3/c1-4-24-27(36)9-8-22-16-23(43)17-25(28(22)24)30-29(37)31-26(18-38-30)32(42-14-7-10-35(20-42)13-15-45-35)40-33(39-31)44-21-34(11-12-34)19-41(5-2)6-3/h8-9,16-18,43H,4-7,10-15,19-21H2,1-3H3/t35-/m0/s1. The lowest BCUT2D eigenvalue weighted by Gasteiger charge is -2.48. The maximum atomic E-state index is 16.8. The predicted octanol–water partition coefficient (Wildman–Crippen LogP) is 6.65. The molecule has 0 radical (unpaired) electrons. The van der Waals surface area contributed by atoms with Crippen LogP contribution < -0.4 is 9.64 Å². The SMILES string of the molecule is CCc1c(F)ccc2cc(O)cc(-c3ncc4c(N5CCC[C@]6(CCO6)C5)nc(OCC5(CN(CC)CC)CC5)nc4c3F)c12. The lowest BCUT2D eigenvalue weighted by Crippen LogP contribution is -2.56. The molecule has 10 heteroatoms. The molecule has 1 spiro atoms. The molecule has 4 aromatic rings. The van der Waals surface area contributed by atoms with Gasteiger partial charge in [0.25, 0.3) is 0 Å². The first-order valence-corrected chi connectivity index (χ1v) is 16.3. The minimum atomic E-state index is -0.657. The van der Waals surface area contributed by atoms with Crippen LogP contribution in [0.15, 0.2) is 30.5 Å². The molecule has 0 bridgehead atoms. The number of aromatic hydroxyl groups is 1. The molecule has 45 heavy (non-hydrogen) atoms. The number of benzene rings is 2. The number of ether oxygens (including phenoxy) is 2. The molecule has 1 saturated carbocycles. The Morgan fingerprint density at radius 1 is 1.07 bits per heavy atom. The van der Waals surface area contributed by atoms with E-state index in [1.807, 2.05) is 6.92 Å². The van der Waals surface area contributed by atoms with Gasteiger partial charge >= 0.3 is 6.01 Å². The molecule has 0 unspecified atom stereocenters. The molecule has 7 rings (SSSR count). The van der Waals surface area contributed by atoms with Crippen LogP contribution in [0, 0.1) is 17.0 Å². The largest absolute Gasteiger partial charge is 0.508 e. The molecule has 1 N–H and O–H groups in total. The Bertz CT molecular complexity index is 1750. The fourth-order valence-corrected chi connectivity index (χ4v) is 7.20. The van der Waals surface area contributed by atoms with E-state index >= 15 is 4.39 Å². The van der Waals surface area contributed by atoms with Crippen molar-refractivity contribution in [3.05, 3.63) is 47.7 Å². The second-order valence-corrected chi connectivity index (χ2v) is 13.0. The van der Waals surface area contributed by atoms with E-state index in [0.717, 1.165) is 64.9 Å². The first-order chi connectivity index (χ1) is 21.8. The Labute approximate surface area is 262 Å². The maximum Gasteiger partial charge on any atom is 0.319 e. The summed E-state index contributed by atoms with van der Waals surface area (Å²) >= 11 is 0. The van der Waals surface area contributed by atoms with Crippen molar-refractivity contribution in [3.63, 3.8) is 0 Å². The van der Waals surface area contributed by atoms with Gasteiger partial charge in [-0.3, -0.25) is 4.98 Å². The quantitative estimate of drug-likeness (QED) is 0.212. The summed E-state index contributed by atoms with van der Waals surface area (Å²) in [5, 5.41) is 12.2. The Hall–Kier alpha value is -3.63. The number of nitrogens with zero attached hydrogens (tertiary/aromatic N) is 5. The zero-order valence-corrected chi connectivity index (χ0v) is 26.3. The van der Waals surface area contributed by atoms with Gasteiger partial charge in [-0.2, -0.15) is 9.97 Å². The molecule has 1 atom stereocenters. The molecule has 0 amide bonds. The van der Waals surface area contributed by atoms with Crippen LogP contribution in [0.25, 0.3) is 32.9 Å². The van der Waals surface area contributed by atoms with Crippen molar-refractivity contribution in [3.8, 4) is 23.0 Å². The van der Waals surface area contributed by atoms with E-state index in [0.29, 0.717) is 52.7 Å². The number of aromatic nitrogens is 3. The summed E-state index contributed by atoms with van der Waals surface area (Å²) in [6.07, 6.45) is 7.04. The molecular formula is C35H41F2N5O3. The summed E-state index contributed by atoms with van der Waals surface area (Å²) < 4.78 is 44.1. The van der Waals surface area contributed by atoms with Crippen LogP contribution in [-0.4, -0.2) is 76.5 Å². The number of fused-ring (bicyclic) bond motifs is 2. The third-order valence-corrected chi connectivity index (χ3v) is 10.1. The number of rotatable bonds is 10. The van der Waals surface area contributed by atoms with Gasteiger partial charge in [-0.05, 0) is 79.7 Å². The van der Waals surface area contributed by atoms with Gasteiger partial charge in [0.2, 0.25) is 0 Å². The molecule has 4 heterocycles. The molecule has 2 aliphatic heterocycles. The second kappa shape index (κ2) is 11.6. The zero-order chi connectivity index (χ0) is 31.3. The number of piperidine rings is 1. The number of phenols is 1. The minimum absolute atomic E-state index is 0.00284. The number of hydrogen-bond donors (Lipinski definition) is 1. The number of phenolic OH excluding ortho intramolecular Hbond substituents is 1. The molecule has 3 fully saturated rings. The fourth-order valence-electron chi connectivity index (χ4n) is 7.20. The summed E-state index contributed by atoms with van der Waals surface area (Å²) in [6, 6.07) is 6.11. The Kier molecular flexibility index (Phi) is 7.76. The summed E-state index contributed by atoms with van der Waals surface area (Å²) in [5.41, 5.74) is 0.691. The first kappa shape index (κ1) is 30.0. The normalized spacial score (nSPS) is 20.7. The number of anilines is 1. The smallest absolute Gasteiger partial charge is 0.319 e. The molecule has 2 saturated heterocycles. The topological polar surface area (TPSA) is 83.8 Å². The summed E-state index contributed by atoms with van der Waals surface area (Å²) in [7, 11) is 0. The van der Waals surface area contributed by atoms with Crippen molar-refractivity contribution in [2.45, 2.75) is 64.9 Å². The van der Waals surface area contributed by atoms with Gasteiger partial charge in [0, 0.05) is 43.2 Å². The molecule has 2 aromatic carbocycles. The molecule has 3 aliphatic rings. The minimum Gasteiger partial charge on any atom is -0.508 e. The van der Waals surface area contributed by atoms with Crippen LogP contribution in [0.3, 0.4) is 0 Å². The third kappa shape index (κ3) is 5.46. The van der Waals surface area contributed by atoms with Gasteiger partial charge in [0.15, 0.2) is 5.82 Å². The zero-order valence-electron chi connectivity index (χ0n) is 26.3. The van der Waals surface area contributed by atoms with Crippen LogP contribution in [0.1, 0.15) is 58.4 Å². The average Bonchev–Trinajstić information content (AvgIpc) is 3.81. The summed E-state index contributed by atoms with van der Waals surface area (Å²) in [6.45, 7) is 11.7. The Morgan fingerprint density at radius 2 is 1.87 bits per heavy atom. The predicted molar refractivity (Wildman–Crippen MR) is 171 cm³/mol. The molecule has 238 valence electrons. The van der Waals surface area contributed by atoms with Crippen LogP contribution in [0.4, 0.5) is 14.6 Å². The molecule has 2 aromatic heterocycles. The van der Waals surface area contributed by atoms with Crippen molar-refractivity contribution >= 4 is 27.5 Å². The third-order valence-electron chi connectivity index (χ3n) is 10.1. The first-order valence-electron chi connectivity index (χ1n) is 16.3. The van der Waals surface area contributed by atoms with Gasteiger partial charge in [0.05, 0.1) is 24.2 Å². The Morgan fingerprint density at radius 3 is 2.56 bits per heavy atom. The van der Waals surface area contributed by atoms with Crippen LogP contribution >= 0.6 is 0 Å². The Balaban J connectivity index is 1.34. The molecule has 1 aliphatic carbocycles. The maximum absolute atomic E-state index is 16.8. The number of halogens is 2. The van der Waals surface area contributed by atoms with Gasteiger partial charge < -0.3 is 24.4 Å². The van der Waals surface area contributed by atoms with Crippen LogP contribution in [0.5, 0.6) is 11.8 Å². The number of pyridine rings is 1. The monoisotopic (exact) mass is 617 g/mol. The van der Waals surface area contributed by atoms with Crippen LogP contribution in [-0.2, 0) is 11.2 Å². The van der Waals surface area contributed by atoms with Crippen molar-refractivity contribution < 1.29 is 23.4 Å². The van der Waals surface area contributed by atoms with E-state index in [1.165, 1.54) is 12.1 Å². The second-order valence-electron chi connectivity index (χ2n) is 13.0. The summed E-state index contributed by atoms with van der Waals surface area (Å²) in [5.74, 6) is -0.511. The van der Waals surface area contributed by atoms with Gasteiger partial charge in [-0.15, -0.1) is 0 Å². The van der Waals surface area contributed by atoms with E-state index in [1.54, 1.807) is 18.3 Å². The van der Waals surface area contributed by atoms with Crippen molar-refractivity contribution in [2.75, 3.05) is 50.8 Å². The fraction of sp³-hybridized carbons (Fsp3) is 0.514. The van der Waals surface area contributed by atoms with Gasteiger partial charge in [0.1, 0.15) is 28.6 Å². The van der Waals surface area contributed by atoms with Crippen LogP contribution in [0.2, 0.25) is 0 Å². The highest BCUT2D eigenvalue weighted by atomic mass is 19.1. The van der Waals surface area contributed by atoms with Gasteiger partial charge in [-0.1, -0.05) is 26.8 Å². The van der Waals surface area contributed by atoms with Crippen molar-refractivity contribution in [1.82, 2.24) is 19.9 Å². The summed E-state index contributed by atoms with van der Waals surface area (Å²) in [4.78, 5) is 18.7. The number of aryl methyl sites for hydroxylation is 1. The highest BCUT2D eigenvalue weighted by Crippen LogP contribution is 2.47. The van der Waals surface area contributed by atoms with E-state index in [9.17, 15) is 9.50 Å². The van der Waals surface area contributed by atoms with E-state index in [4.69, 9.17) is 14.5 Å². The average molecular weight is 618 g/mol. The van der Waals surface area contributed by atoms with E-state index < -0.39 is 5.82 Å². The lowest BCUT2D eigenvalue weighted by molar-refractivity contribution is -0.151. The number of hydrogen-bond acceptors (Lipinski definition) is 8. The van der Waals surface area contributed by atoms with Gasteiger partial charge in [-0.25, -0.2) is 8.78 Å². The lowest BCUT2D eigenvalue weighted by atomic mass is 9.86. The van der Waals surface area contributed by atoms with Crippen molar-refractivity contribution in [2.24, 2.45) is 5.41 Å². The van der Waals surface area contributed by atoms with Crippen molar-refractivity contribution in [1.29, 1.82) is 0 Å². The van der Waals surface area contributed by atoms with E-state index in [-0.39, 0.29) is 39.8 Å². The molecule has 8 nitrogen and oxygen atoms in total. The van der Waals surface area contributed by atoms with E-state index in [2.05, 4.69) is 33.6 Å². The highest BCUT2D eigenvalue weighted by Gasteiger charge is 2.45. The molecular weight excluding hydrogens is 576 g/mol. The highest BCUT2D eigenvalue weighted by molar-refractivity contribution is 6.01.